The molecule has 0 saturated carbocycles. The van der Waals surface area contributed by atoms with Crippen LogP contribution >= 0.6 is 0 Å². The fourth-order valence-corrected chi connectivity index (χ4v) is 3.22. The minimum absolute atomic E-state index is 0.127. The smallest absolute Gasteiger partial charge is 0.403 e. The summed E-state index contributed by atoms with van der Waals surface area (Å²) in [6.45, 7) is 6.06. The van der Waals surface area contributed by atoms with Gasteiger partial charge in [-0.3, -0.25) is 14.7 Å². The number of hydrogen-bond donors (Lipinski definition) is 1. The molecule has 1 N–H and O–H groups in total. The van der Waals surface area contributed by atoms with E-state index in [1.165, 1.54) is 11.8 Å². The lowest BCUT2D eigenvalue weighted by atomic mass is 10.1. The predicted octanol–water partition coefficient (Wildman–Crippen LogP) is 3.03. The monoisotopic (exact) mass is 408 g/mol. The van der Waals surface area contributed by atoms with Crippen LogP contribution in [0.3, 0.4) is 0 Å². The van der Waals surface area contributed by atoms with Crippen molar-refractivity contribution in [1.82, 2.24) is 15.1 Å². The Labute approximate surface area is 166 Å². The highest BCUT2D eigenvalue weighted by Crippen LogP contribution is 2.25. The first-order valence-corrected chi connectivity index (χ1v) is 10.2. The van der Waals surface area contributed by atoms with Crippen LogP contribution in [0, 0.1) is 0 Å². The second kappa shape index (κ2) is 12.9. The van der Waals surface area contributed by atoms with Crippen LogP contribution in [0.25, 0.3) is 0 Å². The van der Waals surface area contributed by atoms with Crippen molar-refractivity contribution >= 4 is 11.9 Å². The number of nitrogens with zero attached hydrogens (tertiary/aromatic N) is 3. The van der Waals surface area contributed by atoms with Gasteiger partial charge in [0.2, 0.25) is 0 Å². The van der Waals surface area contributed by atoms with Crippen molar-refractivity contribution in [2.75, 3.05) is 46.4 Å². The molecule has 6 nitrogen and oxygen atoms in total. The molecule has 1 saturated heterocycles. The lowest BCUT2D eigenvalue weighted by Crippen LogP contribution is -2.56. The molecule has 0 bridgehead atoms. The van der Waals surface area contributed by atoms with E-state index in [4.69, 9.17) is 4.74 Å². The molecule has 0 aromatic heterocycles. The number of hydrogen-bond acceptors (Lipinski definition) is 4. The van der Waals surface area contributed by atoms with Crippen molar-refractivity contribution in [2.45, 2.75) is 64.6 Å². The standard InChI is InChI=1S/C19H35F3N4O2/c1-4-28-17(27)10-8-6-5-7-9-11-24-18(23-3)26-14-12-25(13-15-26)16(2)19(20,21)22/h16H,4-15H2,1-3H3,(H,23,24). The van der Waals surface area contributed by atoms with E-state index in [2.05, 4.69) is 10.3 Å². The van der Waals surface area contributed by atoms with Crippen molar-refractivity contribution in [3.8, 4) is 0 Å². The van der Waals surface area contributed by atoms with Crippen LogP contribution in [0.4, 0.5) is 13.2 Å². The van der Waals surface area contributed by atoms with Gasteiger partial charge in [-0.25, -0.2) is 0 Å². The van der Waals surface area contributed by atoms with Gasteiger partial charge in [0, 0.05) is 46.2 Å². The van der Waals surface area contributed by atoms with E-state index < -0.39 is 12.2 Å². The molecular weight excluding hydrogens is 373 g/mol. The lowest BCUT2D eigenvalue weighted by Gasteiger charge is -2.39. The molecule has 0 spiro atoms. The maximum absolute atomic E-state index is 12.8. The number of guanidine groups is 1. The number of aliphatic imine (C=N–C) groups is 1. The molecule has 0 amide bonds. The third kappa shape index (κ3) is 9.12. The number of piperazine rings is 1. The van der Waals surface area contributed by atoms with Crippen LogP contribution in [-0.2, 0) is 9.53 Å². The first kappa shape index (κ1) is 24.5. The zero-order valence-corrected chi connectivity index (χ0v) is 17.4. The first-order chi connectivity index (χ1) is 13.3. The van der Waals surface area contributed by atoms with Gasteiger partial charge in [0.15, 0.2) is 5.96 Å². The second-order valence-corrected chi connectivity index (χ2v) is 7.04. The topological polar surface area (TPSA) is 57.2 Å². The Bertz CT molecular complexity index is 478. The summed E-state index contributed by atoms with van der Waals surface area (Å²) < 4.78 is 43.4. The summed E-state index contributed by atoms with van der Waals surface area (Å²) in [5.41, 5.74) is 0. The Morgan fingerprint density at radius 3 is 2.29 bits per heavy atom. The summed E-state index contributed by atoms with van der Waals surface area (Å²) >= 11 is 0. The van der Waals surface area contributed by atoms with E-state index in [-0.39, 0.29) is 5.97 Å². The van der Waals surface area contributed by atoms with E-state index >= 15 is 0 Å². The average molecular weight is 409 g/mol. The number of halogens is 3. The van der Waals surface area contributed by atoms with Crippen molar-refractivity contribution in [3.63, 3.8) is 0 Å². The number of esters is 1. The second-order valence-electron chi connectivity index (χ2n) is 7.04. The zero-order chi connectivity index (χ0) is 21.0. The number of alkyl halides is 3. The molecule has 0 aliphatic carbocycles. The number of rotatable bonds is 10. The van der Waals surface area contributed by atoms with Gasteiger partial charge in [0.05, 0.1) is 6.61 Å². The summed E-state index contributed by atoms with van der Waals surface area (Å²) in [7, 11) is 1.70. The van der Waals surface area contributed by atoms with Crippen molar-refractivity contribution in [2.24, 2.45) is 4.99 Å². The quantitative estimate of drug-likeness (QED) is 0.261. The number of carbonyl (C=O) groups is 1. The van der Waals surface area contributed by atoms with E-state index in [0.717, 1.165) is 44.6 Å². The van der Waals surface area contributed by atoms with E-state index in [1.54, 1.807) is 7.05 Å². The molecule has 1 unspecified atom stereocenters. The SMILES string of the molecule is CCOC(=O)CCCCCCCNC(=NC)N1CCN(C(C)C(F)(F)F)CC1. The molecule has 9 heteroatoms. The third-order valence-electron chi connectivity index (χ3n) is 4.99. The van der Waals surface area contributed by atoms with Gasteiger partial charge < -0.3 is 15.0 Å². The van der Waals surface area contributed by atoms with Gasteiger partial charge in [-0.15, -0.1) is 0 Å². The van der Waals surface area contributed by atoms with Gasteiger partial charge in [-0.2, -0.15) is 13.2 Å². The third-order valence-corrected chi connectivity index (χ3v) is 4.99. The highest BCUT2D eigenvalue weighted by Gasteiger charge is 2.41. The number of carbonyl (C=O) groups excluding carboxylic acids is 1. The van der Waals surface area contributed by atoms with Crippen LogP contribution in [0.1, 0.15) is 52.4 Å². The summed E-state index contributed by atoms with van der Waals surface area (Å²) in [4.78, 5) is 19.0. The first-order valence-electron chi connectivity index (χ1n) is 10.2. The molecule has 1 rings (SSSR count). The highest BCUT2D eigenvalue weighted by atomic mass is 19.4. The Kier molecular flexibility index (Phi) is 11.3. The van der Waals surface area contributed by atoms with E-state index in [9.17, 15) is 18.0 Å². The van der Waals surface area contributed by atoms with Gasteiger partial charge in [0.25, 0.3) is 0 Å². The van der Waals surface area contributed by atoms with Gasteiger partial charge in [-0.05, 0) is 26.7 Å². The van der Waals surface area contributed by atoms with Crippen LogP contribution in [0.15, 0.2) is 4.99 Å². The summed E-state index contributed by atoms with van der Waals surface area (Å²) in [5, 5.41) is 3.30. The summed E-state index contributed by atoms with van der Waals surface area (Å²) in [6.07, 6.45) is 1.28. The maximum atomic E-state index is 12.8. The van der Waals surface area contributed by atoms with Crippen LogP contribution in [0.2, 0.25) is 0 Å². The van der Waals surface area contributed by atoms with Crippen molar-refractivity contribution < 1.29 is 22.7 Å². The average Bonchev–Trinajstić information content (AvgIpc) is 2.66. The summed E-state index contributed by atoms with van der Waals surface area (Å²) in [6, 6.07) is -1.41. The highest BCUT2D eigenvalue weighted by molar-refractivity contribution is 5.79. The molecule has 0 aromatic carbocycles. The molecule has 1 fully saturated rings. The Hall–Kier alpha value is -1.51. The Balaban J connectivity index is 2.15. The van der Waals surface area contributed by atoms with Gasteiger partial charge >= 0.3 is 12.1 Å². The minimum Gasteiger partial charge on any atom is -0.466 e. The van der Waals surface area contributed by atoms with E-state index in [0.29, 0.717) is 39.2 Å². The van der Waals surface area contributed by atoms with Crippen LogP contribution in [-0.4, -0.2) is 80.3 Å². The molecule has 0 aromatic rings. The Morgan fingerprint density at radius 2 is 1.71 bits per heavy atom. The van der Waals surface area contributed by atoms with Crippen molar-refractivity contribution in [3.05, 3.63) is 0 Å². The van der Waals surface area contributed by atoms with Crippen LogP contribution in [0.5, 0.6) is 0 Å². The molecule has 1 heterocycles. The summed E-state index contributed by atoms with van der Waals surface area (Å²) in [5.74, 6) is 0.624. The van der Waals surface area contributed by atoms with Gasteiger partial charge in [-0.1, -0.05) is 19.3 Å². The largest absolute Gasteiger partial charge is 0.466 e. The fraction of sp³-hybridized carbons (Fsp3) is 0.895. The number of ether oxygens (including phenoxy) is 1. The number of nitrogens with one attached hydrogen (secondary N) is 1. The minimum atomic E-state index is -4.18. The normalized spacial score (nSPS) is 17.5. The van der Waals surface area contributed by atoms with E-state index in [1.807, 2.05) is 11.8 Å². The molecule has 164 valence electrons. The molecule has 28 heavy (non-hydrogen) atoms. The lowest BCUT2D eigenvalue weighted by molar-refractivity contribution is -0.181. The molecular formula is C19H35F3N4O2. The van der Waals surface area contributed by atoms with Crippen LogP contribution < -0.4 is 5.32 Å². The molecule has 1 atom stereocenters. The fourth-order valence-electron chi connectivity index (χ4n) is 3.22. The van der Waals surface area contributed by atoms with Gasteiger partial charge in [0.1, 0.15) is 6.04 Å². The number of unbranched alkanes of at least 4 members (excludes halogenated alkanes) is 4. The van der Waals surface area contributed by atoms with Crippen molar-refractivity contribution in [1.29, 1.82) is 0 Å². The Morgan fingerprint density at radius 1 is 1.11 bits per heavy atom. The zero-order valence-electron chi connectivity index (χ0n) is 17.4. The predicted molar refractivity (Wildman–Crippen MR) is 104 cm³/mol. The maximum Gasteiger partial charge on any atom is 0.403 e. The molecule has 1 aliphatic rings. The molecule has 0 radical (unpaired) electrons. The molecule has 1 aliphatic heterocycles.